The lowest BCUT2D eigenvalue weighted by atomic mass is 10.0. The molecule has 0 aliphatic rings. The molecule has 122 valence electrons. The molecule has 22 heavy (non-hydrogen) atoms. The van der Waals surface area contributed by atoms with Gasteiger partial charge in [-0.15, -0.1) is 0 Å². The van der Waals surface area contributed by atoms with Gasteiger partial charge in [-0.2, -0.15) is 0 Å². The van der Waals surface area contributed by atoms with E-state index in [0.717, 1.165) is 12.1 Å². The zero-order chi connectivity index (χ0) is 16.9. The molecule has 0 aromatic heterocycles. The average Bonchev–Trinajstić information content (AvgIpc) is 2.30. The van der Waals surface area contributed by atoms with E-state index < -0.39 is 35.3 Å². The number of amides is 1. The highest BCUT2D eigenvalue weighted by atomic mass is 19.1. The van der Waals surface area contributed by atoms with E-state index in [1.165, 1.54) is 0 Å². The quantitative estimate of drug-likeness (QED) is 0.873. The van der Waals surface area contributed by atoms with Crippen LogP contribution < -0.4 is 5.32 Å². The van der Waals surface area contributed by atoms with Gasteiger partial charge >= 0.3 is 12.1 Å². The lowest BCUT2D eigenvalue weighted by molar-refractivity contribution is -0.137. The summed E-state index contributed by atoms with van der Waals surface area (Å²) >= 11 is 0. The number of hydrogen-bond acceptors (Lipinski definition) is 3. The molecule has 0 bridgehead atoms. The van der Waals surface area contributed by atoms with Crippen molar-refractivity contribution in [1.82, 2.24) is 5.32 Å². The van der Waals surface area contributed by atoms with Crippen LogP contribution >= 0.6 is 0 Å². The lowest BCUT2D eigenvalue weighted by Gasteiger charge is -2.23. The standard InChI is InChI=1S/C15H19F2NO4/c1-15(2,3)22-14(21)18-12(4-5-13(19)20)9-6-10(16)8-11(17)7-9/h6-8,12H,4-5H2,1-3H3,(H,18,21)(H,19,20)/t12-/m0/s1. The van der Waals surface area contributed by atoms with Crippen molar-refractivity contribution in [3.63, 3.8) is 0 Å². The fraction of sp³-hybridized carbons (Fsp3) is 0.467. The molecule has 2 N–H and O–H groups in total. The maximum absolute atomic E-state index is 13.3. The number of carbonyl (C=O) groups is 2. The molecule has 0 saturated carbocycles. The molecule has 1 atom stereocenters. The minimum absolute atomic E-state index is 0.0164. The van der Waals surface area contributed by atoms with Gasteiger partial charge in [0.05, 0.1) is 6.04 Å². The van der Waals surface area contributed by atoms with Crippen LogP contribution in [0.1, 0.15) is 45.2 Å². The molecule has 1 aromatic carbocycles. The van der Waals surface area contributed by atoms with Gasteiger partial charge < -0.3 is 15.2 Å². The van der Waals surface area contributed by atoms with Gasteiger partial charge in [-0.3, -0.25) is 4.79 Å². The van der Waals surface area contributed by atoms with Gasteiger partial charge in [0.1, 0.15) is 17.2 Å². The SMILES string of the molecule is CC(C)(C)OC(=O)N[C@@H](CCC(=O)O)c1cc(F)cc(F)c1. The van der Waals surface area contributed by atoms with Gasteiger partial charge in [0, 0.05) is 12.5 Å². The third-order valence-corrected chi connectivity index (χ3v) is 2.63. The maximum atomic E-state index is 13.3. The van der Waals surface area contributed by atoms with Crippen molar-refractivity contribution >= 4 is 12.1 Å². The Balaban J connectivity index is 2.92. The number of halogens is 2. The topological polar surface area (TPSA) is 75.6 Å². The second kappa shape index (κ2) is 7.20. The summed E-state index contributed by atoms with van der Waals surface area (Å²) in [6.45, 7) is 5.00. The van der Waals surface area contributed by atoms with E-state index in [1.54, 1.807) is 20.8 Å². The summed E-state index contributed by atoms with van der Waals surface area (Å²) in [5.41, 5.74) is -0.598. The predicted molar refractivity (Wildman–Crippen MR) is 75.3 cm³/mol. The second-order valence-electron chi connectivity index (χ2n) is 5.83. The normalized spacial score (nSPS) is 12.6. The molecule has 0 radical (unpaired) electrons. The van der Waals surface area contributed by atoms with E-state index in [1.807, 2.05) is 0 Å². The van der Waals surface area contributed by atoms with E-state index in [9.17, 15) is 18.4 Å². The van der Waals surface area contributed by atoms with E-state index in [0.29, 0.717) is 6.07 Å². The van der Waals surface area contributed by atoms with Crippen LogP contribution in [0.15, 0.2) is 18.2 Å². The van der Waals surface area contributed by atoms with Crippen LogP contribution in [0.3, 0.4) is 0 Å². The van der Waals surface area contributed by atoms with Crippen molar-refractivity contribution in [2.24, 2.45) is 0 Å². The van der Waals surface area contributed by atoms with Crippen LogP contribution in [-0.2, 0) is 9.53 Å². The van der Waals surface area contributed by atoms with E-state index in [2.05, 4.69) is 5.32 Å². The average molecular weight is 315 g/mol. The van der Waals surface area contributed by atoms with Crippen molar-refractivity contribution in [2.75, 3.05) is 0 Å². The summed E-state index contributed by atoms with van der Waals surface area (Å²) in [5.74, 6) is -2.68. The minimum Gasteiger partial charge on any atom is -0.481 e. The van der Waals surface area contributed by atoms with Crippen LogP contribution in [0.4, 0.5) is 13.6 Å². The van der Waals surface area contributed by atoms with Gasteiger partial charge in [0.15, 0.2) is 0 Å². The zero-order valence-electron chi connectivity index (χ0n) is 12.7. The third kappa shape index (κ3) is 6.51. The summed E-state index contributed by atoms with van der Waals surface area (Å²) in [4.78, 5) is 22.5. The number of hydrogen-bond donors (Lipinski definition) is 2. The summed E-state index contributed by atoms with van der Waals surface area (Å²) in [7, 11) is 0. The number of carbonyl (C=O) groups excluding carboxylic acids is 1. The number of alkyl carbamates (subject to hydrolysis) is 1. The summed E-state index contributed by atoms with van der Waals surface area (Å²) < 4.78 is 31.7. The smallest absolute Gasteiger partial charge is 0.408 e. The number of benzene rings is 1. The molecule has 5 nitrogen and oxygen atoms in total. The van der Waals surface area contributed by atoms with Crippen LogP contribution in [0.5, 0.6) is 0 Å². The monoisotopic (exact) mass is 315 g/mol. The molecule has 1 amide bonds. The Bertz CT molecular complexity index is 535. The predicted octanol–water partition coefficient (Wildman–Crippen LogP) is 3.40. The first-order valence-corrected chi connectivity index (χ1v) is 6.74. The third-order valence-electron chi connectivity index (χ3n) is 2.63. The molecule has 0 saturated heterocycles. The van der Waals surface area contributed by atoms with E-state index in [-0.39, 0.29) is 18.4 Å². The molecule has 1 rings (SSSR count). The zero-order valence-corrected chi connectivity index (χ0v) is 12.7. The van der Waals surface area contributed by atoms with Gasteiger partial charge in [-0.05, 0) is 44.9 Å². The Morgan fingerprint density at radius 3 is 2.23 bits per heavy atom. The number of aliphatic carboxylic acids is 1. The largest absolute Gasteiger partial charge is 0.481 e. The van der Waals surface area contributed by atoms with Crippen molar-refractivity contribution < 1.29 is 28.2 Å². The molecule has 7 heteroatoms. The van der Waals surface area contributed by atoms with E-state index in [4.69, 9.17) is 9.84 Å². The number of nitrogens with one attached hydrogen (secondary N) is 1. The first-order valence-electron chi connectivity index (χ1n) is 6.74. The van der Waals surface area contributed by atoms with Gasteiger partial charge in [-0.1, -0.05) is 0 Å². The van der Waals surface area contributed by atoms with Crippen molar-refractivity contribution in [1.29, 1.82) is 0 Å². The van der Waals surface area contributed by atoms with E-state index >= 15 is 0 Å². The Hall–Kier alpha value is -2.18. The second-order valence-corrected chi connectivity index (χ2v) is 5.83. The van der Waals surface area contributed by atoms with Crippen molar-refractivity contribution in [3.05, 3.63) is 35.4 Å². The van der Waals surface area contributed by atoms with Gasteiger partial charge in [0.25, 0.3) is 0 Å². The Kier molecular flexibility index (Phi) is 5.84. The number of ether oxygens (including phenoxy) is 1. The Labute approximate surface area is 127 Å². The molecule has 1 aromatic rings. The summed E-state index contributed by atoms with van der Waals surface area (Å²) in [6.07, 6.45) is -1.07. The summed E-state index contributed by atoms with van der Waals surface area (Å²) in [6, 6.07) is 1.93. The molecular formula is C15H19F2NO4. The molecule has 0 aliphatic carbocycles. The first kappa shape index (κ1) is 17.9. The molecule has 0 spiro atoms. The Morgan fingerprint density at radius 2 is 1.77 bits per heavy atom. The molecule has 0 fully saturated rings. The molecule has 0 unspecified atom stereocenters. The molecule has 0 aliphatic heterocycles. The number of rotatable bonds is 5. The highest BCUT2D eigenvalue weighted by Crippen LogP contribution is 2.22. The van der Waals surface area contributed by atoms with Crippen LogP contribution in [0.25, 0.3) is 0 Å². The Morgan fingerprint density at radius 1 is 1.23 bits per heavy atom. The first-order chi connectivity index (χ1) is 10.1. The number of carboxylic acid groups (broad SMARTS) is 1. The maximum Gasteiger partial charge on any atom is 0.408 e. The fourth-order valence-corrected chi connectivity index (χ4v) is 1.82. The van der Waals surface area contributed by atoms with Gasteiger partial charge in [-0.25, -0.2) is 13.6 Å². The van der Waals surface area contributed by atoms with Crippen molar-refractivity contribution in [3.8, 4) is 0 Å². The van der Waals surface area contributed by atoms with Crippen LogP contribution in [0.2, 0.25) is 0 Å². The molecule has 0 heterocycles. The molecular weight excluding hydrogens is 296 g/mol. The minimum atomic E-state index is -1.08. The summed E-state index contributed by atoms with van der Waals surface area (Å²) in [5, 5.41) is 11.2. The fourth-order valence-electron chi connectivity index (χ4n) is 1.82. The number of carboxylic acids is 1. The highest BCUT2D eigenvalue weighted by Gasteiger charge is 2.22. The van der Waals surface area contributed by atoms with Crippen LogP contribution in [-0.4, -0.2) is 22.8 Å². The highest BCUT2D eigenvalue weighted by molar-refractivity contribution is 5.69. The van der Waals surface area contributed by atoms with Crippen LogP contribution in [0, 0.1) is 11.6 Å². The lowest BCUT2D eigenvalue weighted by Crippen LogP contribution is -2.35. The van der Waals surface area contributed by atoms with Gasteiger partial charge in [0.2, 0.25) is 0 Å². The van der Waals surface area contributed by atoms with Crippen molar-refractivity contribution in [2.45, 2.75) is 45.3 Å².